The van der Waals surface area contributed by atoms with E-state index in [9.17, 15) is 0 Å². The molecule has 0 aliphatic heterocycles. The quantitative estimate of drug-likeness (QED) is 0.899. The second-order valence-electron chi connectivity index (χ2n) is 4.67. The van der Waals surface area contributed by atoms with E-state index in [1.807, 2.05) is 29.5 Å². The summed E-state index contributed by atoms with van der Waals surface area (Å²) in [7, 11) is 0. The van der Waals surface area contributed by atoms with Crippen LogP contribution in [-0.4, -0.2) is 0 Å². The number of hydrogen-bond acceptors (Lipinski definition) is 3. The van der Waals surface area contributed by atoms with Gasteiger partial charge >= 0.3 is 0 Å². The van der Waals surface area contributed by atoms with Crippen molar-refractivity contribution in [3.8, 4) is 6.07 Å². The van der Waals surface area contributed by atoms with E-state index in [1.54, 1.807) is 10.4 Å². The summed E-state index contributed by atoms with van der Waals surface area (Å²) >= 11 is 5.34. The summed E-state index contributed by atoms with van der Waals surface area (Å²) in [6, 6.07) is 10.2. The van der Waals surface area contributed by atoms with E-state index in [0.29, 0.717) is 5.56 Å². The van der Waals surface area contributed by atoms with Crippen LogP contribution in [0.15, 0.2) is 28.7 Å². The van der Waals surface area contributed by atoms with Crippen LogP contribution in [0.2, 0.25) is 0 Å². The Labute approximate surface area is 125 Å². The van der Waals surface area contributed by atoms with Crippen LogP contribution in [0, 0.1) is 11.3 Å². The van der Waals surface area contributed by atoms with Gasteiger partial charge < -0.3 is 5.32 Å². The van der Waals surface area contributed by atoms with Crippen molar-refractivity contribution in [2.24, 2.45) is 0 Å². The Hall–Kier alpha value is -1.31. The molecule has 0 saturated heterocycles. The third-order valence-electron chi connectivity index (χ3n) is 3.35. The van der Waals surface area contributed by atoms with Crippen molar-refractivity contribution in [2.45, 2.75) is 25.8 Å². The molecule has 0 unspecified atom stereocenters. The SMILES string of the molecule is N#Cc1ccc(NCc2cc3c(s2)CCC3)cc1Br. The monoisotopic (exact) mass is 332 g/mol. The van der Waals surface area contributed by atoms with Crippen molar-refractivity contribution < 1.29 is 0 Å². The topological polar surface area (TPSA) is 35.8 Å². The predicted octanol–water partition coefficient (Wildman–Crippen LogP) is 4.48. The Morgan fingerprint density at radius 1 is 1.32 bits per heavy atom. The Morgan fingerprint density at radius 3 is 2.95 bits per heavy atom. The lowest BCUT2D eigenvalue weighted by Crippen LogP contribution is -1.97. The van der Waals surface area contributed by atoms with Gasteiger partial charge in [-0.25, -0.2) is 0 Å². The first-order valence-corrected chi connectivity index (χ1v) is 7.91. The fraction of sp³-hybridized carbons (Fsp3) is 0.267. The Morgan fingerprint density at radius 2 is 2.21 bits per heavy atom. The molecule has 4 heteroatoms. The minimum Gasteiger partial charge on any atom is -0.380 e. The van der Waals surface area contributed by atoms with Crippen LogP contribution in [0.25, 0.3) is 0 Å². The van der Waals surface area contributed by atoms with Gasteiger partial charge in [0.2, 0.25) is 0 Å². The number of nitriles is 1. The molecule has 0 bridgehead atoms. The van der Waals surface area contributed by atoms with Crippen molar-refractivity contribution in [3.05, 3.63) is 49.6 Å². The maximum atomic E-state index is 8.89. The van der Waals surface area contributed by atoms with E-state index in [2.05, 4.69) is 33.4 Å². The van der Waals surface area contributed by atoms with Crippen molar-refractivity contribution >= 4 is 33.0 Å². The molecule has 0 atom stereocenters. The Balaban J connectivity index is 1.69. The Bertz CT molecular complexity index is 633. The second-order valence-corrected chi connectivity index (χ2v) is 6.75. The van der Waals surface area contributed by atoms with Gasteiger partial charge in [0.1, 0.15) is 6.07 Å². The van der Waals surface area contributed by atoms with Crippen molar-refractivity contribution in [3.63, 3.8) is 0 Å². The van der Waals surface area contributed by atoms with Gasteiger partial charge in [0.15, 0.2) is 0 Å². The van der Waals surface area contributed by atoms with Crippen LogP contribution in [0.5, 0.6) is 0 Å². The number of benzene rings is 1. The number of nitrogens with one attached hydrogen (secondary N) is 1. The molecule has 0 fully saturated rings. The standard InChI is InChI=1S/C15H13BrN2S/c16-14-7-12(5-4-11(14)8-17)18-9-13-6-10-2-1-3-15(10)19-13/h4-7,18H,1-3,9H2. The first kappa shape index (κ1) is 12.7. The molecular formula is C15H13BrN2S. The average Bonchev–Trinajstić information content (AvgIpc) is 2.97. The zero-order valence-electron chi connectivity index (χ0n) is 10.4. The van der Waals surface area contributed by atoms with Crippen LogP contribution >= 0.6 is 27.3 Å². The molecule has 2 aromatic rings. The molecule has 0 saturated carbocycles. The molecule has 96 valence electrons. The van der Waals surface area contributed by atoms with E-state index in [0.717, 1.165) is 16.7 Å². The number of thiophene rings is 1. The van der Waals surface area contributed by atoms with Gasteiger partial charge in [-0.3, -0.25) is 0 Å². The third kappa shape index (κ3) is 2.68. The Kier molecular flexibility index (Phi) is 3.58. The van der Waals surface area contributed by atoms with Crippen LogP contribution in [0.4, 0.5) is 5.69 Å². The summed E-state index contributed by atoms with van der Waals surface area (Å²) in [5.74, 6) is 0. The fourth-order valence-corrected chi connectivity index (χ4v) is 4.05. The van der Waals surface area contributed by atoms with E-state index >= 15 is 0 Å². The van der Waals surface area contributed by atoms with E-state index < -0.39 is 0 Å². The third-order valence-corrected chi connectivity index (χ3v) is 5.25. The molecule has 1 heterocycles. The first-order chi connectivity index (χ1) is 9.26. The minimum absolute atomic E-state index is 0.667. The molecule has 1 aliphatic rings. The molecule has 0 spiro atoms. The molecule has 19 heavy (non-hydrogen) atoms. The van der Waals surface area contributed by atoms with Gasteiger partial charge in [0, 0.05) is 26.5 Å². The smallest absolute Gasteiger partial charge is 0.100 e. The van der Waals surface area contributed by atoms with Gasteiger partial charge in [0.25, 0.3) is 0 Å². The maximum Gasteiger partial charge on any atom is 0.100 e. The molecule has 1 N–H and O–H groups in total. The molecule has 1 aromatic heterocycles. The maximum absolute atomic E-state index is 8.89. The summed E-state index contributed by atoms with van der Waals surface area (Å²) in [4.78, 5) is 2.96. The molecule has 1 aromatic carbocycles. The van der Waals surface area contributed by atoms with Gasteiger partial charge in [-0.15, -0.1) is 11.3 Å². The number of aryl methyl sites for hydroxylation is 2. The van der Waals surface area contributed by atoms with E-state index in [1.165, 1.54) is 24.1 Å². The zero-order chi connectivity index (χ0) is 13.2. The largest absolute Gasteiger partial charge is 0.380 e. The highest BCUT2D eigenvalue weighted by atomic mass is 79.9. The van der Waals surface area contributed by atoms with Crippen LogP contribution < -0.4 is 5.32 Å². The normalized spacial score (nSPS) is 13.1. The van der Waals surface area contributed by atoms with Crippen molar-refractivity contribution in [2.75, 3.05) is 5.32 Å². The molecule has 3 rings (SSSR count). The molecule has 1 aliphatic carbocycles. The van der Waals surface area contributed by atoms with E-state index in [4.69, 9.17) is 5.26 Å². The van der Waals surface area contributed by atoms with Crippen LogP contribution in [0.3, 0.4) is 0 Å². The number of anilines is 1. The van der Waals surface area contributed by atoms with Crippen LogP contribution in [-0.2, 0) is 19.4 Å². The number of hydrogen-bond donors (Lipinski definition) is 1. The van der Waals surface area contributed by atoms with Gasteiger partial charge in [-0.05, 0) is 65.0 Å². The number of rotatable bonds is 3. The summed E-state index contributed by atoms with van der Waals surface area (Å²) < 4.78 is 0.841. The highest BCUT2D eigenvalue weighted by Crippen LogP contribution is 2.31. The summed E-state index contributed by atoms with van der Waals surface area (Å²) in [6.45, 7) is 0.857. The lowest BCUT2D eigenvalue weighted by atomic mass is 10.2. The predicted molar refractivity (Wildman–Crippen MR) is 82.5 cm³/mol. The minimum atomic E-state index is 0.667. The van der Waals surface area contributed by atoms with Crippen molar-refractivity contribution in [1.82, 2.24) is 0 Å². The zero-order valence-corrected chi connectivity index (χ0v) is 12.8. The van der Waals surface area contributed by atoms with Gasteiger partial charge in [0.05, 0.1) is 5.56 Å². The highest BCUT2D eigenvalue weighted by molar-refractivity contribution is 9.10. The second kappa shape index (κ2) is 5.36. The van der Waals surface area contributed by atoms with Crippen molar-refractivity contribution in [1.29, 1.82) is 5.26 Å². The first-order valence-electron chi connectivity index (χ1n) is 6.30. The fourth-order valence-electron chi connectivity index (χ4n) is 2.38. The number of fused-ring (bicyclic) bond motifs is 1. The molecule has 2 nitrogen and oxygen atoms in total. The molecule has 0 radical (unpaired) electrons. The summed E-state index contributed by atoms with van der Waals surface area (Å²) in [5.41, 5.74) is 3.25. The van der Waals surface area contributed by atoms with E-state index in [-0.39, 0.29) is 0 Å². The molecule has 0 amide bonds. The van der Waals surface area contributed by atoms with Gasteiger partial charge in [-0.1, -0.05) is 0 Å². The lowest BCUT2D eigenvalue weighted by Gasteiger charge is -2.06. The van der Waals surface area contributed by atoms with Gasteiger partial charge in [-0.2, -0.15) is 5.26 Å². The van der Waals surface area contributed by atoms with Crippen LogP contribution in [0.1, 0.15) is 27.3 Å². The highest BCUT2D eigenvalue weighted by Gasteiger charge is 2.14. The number of nitrogens with zero attached hydrogens (tertiary/aromatic N) is 1. The summed E-state index contributed by atoms with van der Waals surface area (Å²) in [5, 5.41) is 12.3. The molecular weight excluding hydrogens is 320 g/mol. The summed E-state index contributed by atoms with van der Waals surface area (Å²) in [6.07, 6.45) is 3.81. The average molecular weight is 333 g/mol. The lowest BCUT2D eigenvalue weighted by molar-refractivity contribution is 0.913. The number of halogens is 1.